The lowest BCUT2D eigenvalue weighted by Crippen LogP contribution is -1.85. The van der Waals surface area contributed by atoms with Crippen LogP contribution in [0, 0.1) is 0 Å². The first-order valence-electron chi connectivity index (χ1n) is 7.12. The molecule has 2 aromatic heterocycles. The molecule has 0 aliphatic rings. The number of H-pyrrole nitrogens is 1. The minimum Gasteiger partial charge on any atom is -0.457 e. The highest BCUT2D eigenvalue weighted by Gasteiger charge is 2.08. The second kappa shape index (κ2) is 5.85. The molecule has 0 fully saturated rings. The van der Waals surface area contributed by atoms with Crippen molar-refractivity contribution in [2.45, 2.75) is 0 Å². The van der Waals surface area contributed by atoms with E-state index < -0.39 is 0 Å². The van der Waals surface area contributed by atoms with Gasteiger partial charge in [-0.15, -0.1) is 0 Å². The van der Waals surface area contributed by atoms with Gasteiger partial charge in [-0.2, -0.15) is 0 Å². The van der Waals surface area contributed by atoms with Crippen LogP contribution in [0.1, 0.15) is 0 Å². The Morgan fingerprint density at radius 2 is 1.74 bits per heavy atom. The summed E-state index contributed by atoms with van der Waals surface area (Å²) in [4.78, 5) is 12.1. The third-order valence-electron chi connectivity index (χ3n) is 3.39. The van der Waals surface area contributed by atoms with Gasteiger partial charge in [-0.3, -0.25) is 0 Å². The summed E-state index contributed by atoms with van der Waals surface area (Å²) in [5.41, 5.74) is 2.54. The third kappa shape index (κ3) is 2.96. The number of hydrogen-bond acceptors (Lipinski definition) is 3. The van der Waals surface area contributed by atoms with Crippen LogP contribution in [0.4, 0.5) is 0 Å². The Balaban J connectivity index is 1.69. The largest absolute Gasteiger partial charge is 0.457 e. The van der Waals surface area contributed by atoms with E-state index in [-0.39, 0.29) is 0 Å². The monoisotopic (exact) mass is 365 g/mol. The predicted molar refractivity (Wildman–Crippen MR) is 93.5 cm³/mol. The molecule has 0 amide bonds. The van der Waals surface area contributed by atoms with E-state index in [0.717, 1.165) is 32.9 Å². The highest BCUT2D eigenvalue weighted by Crippen LogP contribution is 2.27. The molecule has 0 radical (unpaired) electrons. The van der Waals surface area contributed by atoms with Crippen LogP contribution >= 0.6 is 15.9 Å². The normalized spacial score (nSPS) is 10.8. The van der Waals surface area contributed by atoms with Gasteiger partial charge in [-0.25, -0.2) is 9.97 Å². The van der Waals surface area contributed by atoms with Gasteiger partial charge < -0.3 is 9.72 Å². The molecule has 0 bridgehead atoms. The number of nitrogens with one attached hydrogen (secondary N) is 1. The van der Waals surface area contributed by atoms with Gasteiger partial charge in [0.25, 0.3) is 0 Å². The SMILES string of the molecule is Brc1cnc2nc(-c3cccc(Oc4ccccc4)c3)[nH]c2c1. The molecule has 112 valence electrons. The summed E-state index contributed by atoms with van der Waals surface area (Å²) in [6.45, 7) is 0. The summed E-state index contributed by atoms with van der Waals surface area (Å²) >= 11 is 3.42. The van der Waals surface area contributed by atoms with Crippen molar-refractivity contribution < 1.29 is 4.74 Å². The van der Waals surface area contributed by atoms with Gasteiger partial charge in [0.2, 0.25) is 0 Å². The Morgan fingerprint density at radius 1 is 0.913 bits per heavy atom. The summed E-state index contributed by atoms with van der Waals surface area (Å²) in [5.74, 6) is 2.34. The number of fused-ring (bicyclic) bond motifs is 1. The highest BCUT2D eigenvalue weighted by atomic mass is 79.9. The molecular weight excluding hydrogens is 354 g/mol. The zero-order valence-electron chi connectivity index (χ0n) is 12.0. The number of halogens is 1. The number of ether oxygens (including phenoxy) is 1. The van der Waals surface area contributed by atoms with E-state index in [9.17, 15) is 0 Å². The summed E-state index contributed by atoms with van der Waals surface area (Å²) in [5, 5.41) is 0. The van der Waals surface area contributed by atoms with Crippen LogP contribution in [0.3, 0.4) is 0 Å². The van der Waals surface area contributed by atoms with Gasteiger partial charge in [0.05, 0.1) is 5.52 Å². The van der Waals surface area contributed by atoms with Crippen LogP contribution in [-0.4, -0.2) is 15.0 Å². The van der Waals surface area contributed by atoms with Crippen molar-refractivity contribution in [1.82, 2.24) is 15.0 Å². The summed E-state index contributed by atoms with van der Waals surface area (Å²) in [7, 11) is 0. The first kappa shape index (κ1) is 14.0. The molecule has 2 heterocycles. The minimum atomic E-state index is 0.692. The lowest BCUT2D eigenvalue weighted by Gasteiger charge is -2.06. The molecule has 1 N–H and O–H groups in total. The van der Waals surface area contributed by atoms with E-state index in [0.29, 0.717) is 5.65 Å². The quantitative estimate of drug-likeness (QED) is 0.544. The van der Waals surface area contributed by atoms with Gasteiger partial charge in [0.15, 0.2) is 5.65 Å². The molecule has 0 atom stereocenters. The first-order valence-corrected chi connectivity index (χ1v) is 7.92. The lowest BCUT2D eigenvalue weighted by atomic mass is 10.2. The molecule has 2 aromatic carbocycles. The van der Waals surface area contributed by atoms with Crippen molar-refractivity contribution in [3.05, 3.63) is 71.3 Å². The van der Waals surface area contributed by atoms with Crippen LogP contribution in [0.15, 0.2) is 71.3 Å². The van der Waals surface area contributed by atoms with Crippen LogP contribution < -0.4 is 4.74 Å². The Morgan fingerprint density at radius 3 is 2.61 bits per heavy atom. The van der Waals surface area contributed by atoms with Crippen LogP contribution in [-0.2, 0) is 0 Å². The number of hydrogen-bond donors (Lipinski definition) is 1. The van der Waals surface area contributed by atoms with E-state index in [1.165, 1.54) is 0 Å². The van der Waals surface area contributed by atoms with E-state index in [1.54, 1.807) is 6.20 Å². The van der Waals surface area contributed by atoms with Crippen LogP contribution in [0.25, 0.3) is 22.6 Å². The summed E-state index contributed by atoms with van der Waals surface area (Å²) in [6, 6.07) is 19.5. The number of rotatable bonds is 3. The van der Waals surface area contributed by atoms with Gasteiger partial charge in [-0.1, -0.05) is 30.3 Å². The molecule has 0 saturated heterocycles. The van der Waals surface area contributed by atoms with Crippen molar-refractivity contribution in [3.8, 4) is 22.9 Å². The lowest BCUT2D eigenvalue weighted by molar-refractivity contribution is 0.483. The average molecular weight is 366 g/mol. The molecule has 0 aliphatic carbocycles. The van der Waals surface area contributed by atoms with Crippen LogP contribution in [0.5, 0.6) is 11.5 Å². The average Bonchev–Trinajstić information content (AvgIpc) is 2.99. The molecule has 0 spiro atoms. The molecule has 5 heteroatoms. The number of nitrogens with zero attached hydrogens (tertiary/aromatic N) is 2. The van der Waals surface area contributed by atoms with Crippen LogP contribution in [0.2, 0.25) is 0 Å². The van der Waals surface area contributed by atoms with Gasteiger partial charge in [0.1, 0.15) is 17.3 Å². The molecule has 4 nitrogen and oxygen atoms in total. The van der Waals surface area contributed by atoms with Crippen molar-refractivity contribution >= 4 is 27.1 Å². The molecule has 0 saturated carbocycles. The highest BCUT2D eigenvalue weighted by molar-refractivity contribution is 9.10. The number of imidazole rings is 1. The molecule has 0 aliphatic heterocycles. The maximum absolute atomic E-state index is 5.87. The van der Waals surface area contributed by atoms with Crippen molar-refractivity contribution in [2.75, 3.05) is 0 Å². The fourth-order valence-electron chi connectivity index (χ4n) is 2.34. The Kier molecular flexibility index (Phi) is 3.55. The zero-order chi connectivity index (χ0) is 15.6. The fourth-order valence-corrected chi connectivity index (χ4v) is 2.67. The number of benzene rings is 2. The van der Waals surface area contributed by atoms with E-state index in [4.69, 9.17) is 4.74 Å². The fraction of sp³-hybridized carbons (Fsp3) is 0. The first-order chi connectivity index (χ1) is 11.3. The van der Waals surface area contributed by atoms with E-state index in [1.807, 2.05) is 60.7 Å². The van der Waals surface area contributed by atoms with Gasteiger partial charge in [0, 0.05) is 16.2 Å². The van der Waals surface area contributed by atoms with Crippen molar-refractivity contribution in [3.63, 3.8) is 0 Å². The van der Waals surface area contributed by atoms with E-state index >= 15 is 0 Å². The summed E-state index contributed by atoms with van der Waals surface area (Å²) < 4.78 is 6.79. The Bertz CT molecular complexity index is 966. The molecule has 0 unspecified atom stereocenters. The molecule has 23 heavy (non-hydrogen) atoms. The van der Waals surface area contributed by atoms with Crippen molar-refractivity contribution in [2.24, 2.45) is 0 Å². The number of pyridine rings is 1. The smallest absolute Gasteiger partial charge is 0.178 e. The van der Waals surface area contributed by atoms with Gasteiger partial charge >= 0.3 is 0 Å². The predicted octanol–water partition coefficient (Wildman–Crippen LogP) is 5.18. The Hall–Kier alpha value is -2.66. The number of aromatic amines is 1. The second-order valence-electron chi connectivity index (χ2n) is 5.05. The second-order valence-corrected chi connectivity index (χ2v) is 5.97. The Labute approximate surface area is 141 Å². The number of para-hydroxylation sites is 1. The summed E-state index contributed by atoms with van der Waals surface area (Å²) in [6.07, 6.45) is 1.74. The molecule has 4 rings (SSSR count). The zero-order valence-corrected chi connectivity index (χ0v) is 13.6. The van der Waals surface area contributed by atoms with E-state index in [2.05, 4.69) is 30.9 Å². The van der Waals surface area contributed by atoms with Gasteiger partial charge in [-0.05, 0) is 46.3 Å². The maximum atomic E-state index is 5.87. The maximum Gasteiger partial charge on any atom is 0.178 e. The topological polar surface area (TPSA) is 50.8 Å². The number of aromatic nitrogens is 3. The minimum absolute atomic E-state index is 0.692. The standard InChI is InChI=1S/C18H12BrN3O/c19-13-10-16-18(20-11-13)22-17(21-16)12-5-4-8-15(9-12)23-14-6-2-1-3-7-14/h1-11H,(H,20,21,22). The van der Waals surface area contributed by atoms with Crippen molar-refractivity contribution in [1.29, 1.82) is 0 Å². The molecule has 4 aromatic rings. The molecular formula is C18H12BrN3O. The third-order valence-corrected chi connectivity index (χ3v) is 3.82.